The summed E-state index contributed by atoms with van der Waals surface area (Å²) in [6.45, 7) is 2.31. The highest BCUT2D eigenvalue weighted by atomic mass is 16.3. The van der Waals surface area contributed by atoms with E-state index >= 15 is 0 Å². The Hall–Kier alpha value is -0.830. The van der Waals surface area contributed by atoms with Crippen molar-refractivity contribution >= 4 is 0 Å². The molecule has 1 heterocycles. The molecule has 1 aliphatic carbocycles. The van der Waals surface area contributed by atoms with Crippen molar-refractivity contribution in [2.24, 2.45) is 5.92 Å². The Labute approximate surface area is 78.4 Å². The van der Waals surface area contributed by atoms with Gasteiger partial charge in [-0.15, -0.1) is 0 Å². The van der Waals surface area contributed by atoms with Gasteiger partial charge in [-0.3, -0.25) is 0 Å². The van der Waals surface area contributed by atoms with Crippen LogP contribution in [0.2, 0.25) is 0 Å². The van der Waals surface area contributed by atoms with Crippen molar-refractivity contribution in [2.45, 2.75) is 38.8 Å². The van der Waals surface area contributed by atoms with Gasteiger partial charge in [-0.2, -0.15) is 0 Å². The maximum Gasteiger partial charge on any atom is 0.0951 e. The van der Waals surface area contributed by atoms with Crippen molar-refractivity contribution in [3.05, 3.63) is 18.2 Å². The molecule has 1 fully saturated rings. The van der Waals surface area contributed by atoms with Crippen LogP contribution in [0, 0.1) is 5.92 Å². The van der Waals surface area contributed by atoms with E-state index in [1.165, 1.54) is 19.3 Å². The molecule has 0 spiro atoms. The van der Waals surface area contributed by atoms with Crippen LogP contribution in [-0.4, -0.2) is 14.7 Å². The van der Waals surface area contributed by atoms with Gasteiger partial charge in [-0.05, 0) is 25.7 Å². The van der Waals surface area contributed by atoms with Gasteiger partial charge in [0.1, 0.15) is 0 Å². The number of aromatic nitrogens is 2. The number of hydrogen-bond donors (Lipinski definition) is 1. The van der Waals surface area contributed by atoms with E-state index in [0.29, 0.717) is 6.04 Å². The fourth-order valence-corrected chi connectivity index (χ4v) is 1.97. The average Bonchev–Trinajstić information content (AvgIpc) is 2.47. The maximum atomic E-state index is 9.07. The molecule has 2 rings (SSSR count). The van der Waals surface area contributed by atoms with E-state index in [4.69, 9.17) is 5.11 Å². The van der Waals surface area contributed by atoms with Gasteiger partial charge < -0.3 is 9.67 Å². The molecular weight excluding hydrogens is 164 g/mol. The second-order valence-electron chi connectivity index (χ2n) is 3.88. The summed E-state index contributed by atoms with van der Waals surface area (Å²) in [6, 6.07) is 0.499. The van der Waals surface area contributed by atoms with Gasteiger partial charge in [0.25, 0.3) is 0 Å². The predicted octanol–water partition coefficient (Wildman–Crippen LogP) is 1.74. The Morgan fingerprint density at radius 1 is 1.69 bits per heavy atom. The van der Waals surface area contributed by atoms with Crippen molar-refractivity contribution in [3.63, 3.8) is 0 Å². The Morgan fingerprint density at radius 2 is 2.46 bits per heavy atom. The van der Waals surface area contributed by atoms with E-state index in [1.807, 2.05) is 6.33 Å². The molecule has 1 aromatic heterocycles. The van der Waals surface area contributed by atoms with Crippen LogP contribution in [0.1, 0.15) is 37.9 Å². The summed E-state index contributed by atoms with van der Waals surface area (Å²) >= 11 is 0. The summed E-state index contributed by atoms with van der Waals surface area (Å²) in [4.78, 5) is 4.06. The molecule has 72 valence electrons. The van der Waals surface area contributed by atoms with Gasteiger partial charge in [-0.25, -0.2) is 4.98 Å². The molecule has 1 aliphatic rings. The van der Waals surface area contributed by atoms with Crippen molar-refractivity contribution in [2.75, 3.05) is 0 Å². The van der Waals surface area contributed by atoms with Crippen LogP contribution in [0.25, 0.3) is 0 Å². The van der Waals surface area contributed by atoms with Crippen LogP contribution in [0.4, 0.5) is 0 Å². The topological polar surface area (TPSA) is 38.0 Å². The molecule has 0 aromatic carbocycles. The number of rotatable bonds is 3. The predicted molar refractivity (Wildman–Crippen MR) is 50.2 cm³/mol. The van der Waals surface area contributed by atoms with E-state index in [2.05, 4.69) is 16.5 Å². The molecule has 1 N–H and O–H groups in total. The monoisotopic (exact) mass is 180 g/mol. The zero-order chi connectivity index (χ0) is 9.26. The molecular formula is C10H16N2O. The van der Waals surface area contributed by atoms with Gasteiger partial charge >= 0.3 is 0 Å². The number of imidazole rings is 1. The van der Waals surface area contributed by atoms with Gasteiger partial charge in [0, 0.05) is 6.04 Å². The van der Waals surface area contributed by atoms with E-state index in [-0.39, 0.29) is 6.61 Å². The van der Waals surface area contributed by atoms with Crippen LogP contribution in [0.3, 0.4) is 0 Å². The lowest BCUT2D eigenvalue weighted by atomic mass is 9.80. The van der Waals surface area contributed by atoms with Crippen LogP contribution in [0.15, 0.2) is 12.5 Å². The van der Waals surface area contributed by atoms with E-state index in [1.54, 1.807) is 6.20 Å². The quantitative estimate of drug-likeness (QED) is 0.769. The normalized spacial score (nSPS) is 19.8. The molecule has 0 bridgehead atoms. The Kier molecular flexibility index (Phi) is 2.36. The van der Waals surface area contributed by atoms with Gasteiger partial charge in [0.2, 0.25) is 0 Å². The lowest BCUT2D eigenvalue weighted by Gasteiger charge is -2.32. The third kappa shape index (κ3) is 1.48. The summed E-state index contributed by atoms with van der Waals surface area (Å²) in [5.74, 6) is 0.791. The minimum absolute atomic E-state index is 0.0943. The molecule has 3 nitrogen and oxygen atoms in total. The van der Waals surface area contributed by atoms with Crippen molar-refractivity contribution < 1.29 is 5.11 Å². The summed E-state index contributed by atoms with van der Waals surface area (Å²) in [6.07, 6.45) is 7.58. The standard InChI is InChI=1S/C10H16N2O/c1-8(9-3-2-4-9)12-7-11-5-10(12)6-13/h5,7-9,13H,2-4,6H2,1H3. The van der Waals surface area contributed by atoms with E-state index < -0.39 is 0 Å². The molecule has 3 heteroatoms. The smallest absolute Gasteiger partial charge is 0.0951 e. The van der Waals surface area contributed by atoms with Crippen LogP contribution >= 0.6 is 0 Å². The lowest BCUT2D eigenvalue weighted by Crippen LogP contribution is -2.23. The average molecular weight is 180 g/mol. The summed E-state index contributed by atoms with van der Waals surface area (Å²) in [5, 5.41) is 9.07. The third-order valence-electron chi connectivity index (χ3n) is 3.18. The lowest BCUT2D eigenvalue weighted by molar-refractivity contribution is 0.206. The van der Waals surface area contributed by atoms with Crippen LogP contribution < -0.4 is 0 Å². The highest BCUT2D eigenvalue weighted by Gasteiger charge is 2.25. The zero-order valence-electron chi connectivity index (χ0n) is 7.98. The summed E-state index contributed by atoms with van der Waals surface area (Å²) in [5.41, 5.74) is 0.930. The van der Waals surface area contributed by atoms with Gasteiger partial charge in [0.05, 0.1) is 24.8 Å². The summed E-state index contributed by atoms with van der Waals surface area (Å²) in [7, 11) is 0. The Morgan fingerprint density at radius 3 is 3.00 bits per heavy atom. The first-order valence-corrected chi connectivity index (χ1v) is 4.94. The number of hydrogen-bond acceptors (Lipinski definition) is 2. The summed E-state index contributed by atoms with van der Waals surface area (Å²) < 4.78 is 2.10. The van der Waals surface area contributed by atoms with Crippen molar-refractivity contribution in [3.8, 4) is 0 Å². The highest BCUT2D eigenvalue weighted by Crippen LogP contribution is 2.36. The first-order chi connectivity index (χ1) is 6.33. The third-order valence-corrected chi connectivity index (χ3v) is 3.18. The minimum atomic E-state index is 0.0943. The molecule has 0 amide bonds. The highest BCUT2D eigenvalue weighted by molar-refractivity contribution is 4.99. The SMILES string of the molecule is CC(C1CCC1)n1cncc1CO. The molecule has 0 aliphatic heterocycles. The van der Waals surface area contributed by atoms with Crippen molar-refractivity contribution in [1.82, 2.24) is 9.55 Å². The second kappa shape index (κ2) is 3.50. The number of aliphatic hydroxyl groups excluding tert-OH is 1. The molecule has 0 saturated heterocycles. The Balaban J connectivity index is 2.13. The van der Waals surface area contributed by atoms with Crippen LogP contribution in [-0.2, 0) is 6.61 Å². The van der Waals surface area contributed by atoms with Crippen molar-refractivity contribution in [1.29, 1.82) is 0 Å². The number of nitrogens with zero attached hydrogens (tertiary/aromatic N) is 2. The number of aliphatic hydroxyl groups is 1. The molecule has 1 saturated carbocycles. The first kappa shape index (κ1) is 8.75. The second-order valence-corrected chi connectivity index (χ2v) is 3.88. The van der Waals surface area contributed by atoms with E-state index in [0.717, 1.165) is 11.6 Å². The molecule has 1 atom stereocenters. The molecule has 1 aromatic rings. The van der Waals surface area contributed by atoms with Gasteiger partial charge in [-0.1, -0.05) is 6.42 Å². The minimum Gasteiger partial charge on any atom is -0.390 e. The zero-order valence-corrected chi connectivity index (χ0v) is 7.98. The molecule has 0 radical (unpaired) electrons. The van der Waals surface area contributed by atoms with Crippen LogP contribution in [0.5, 0.6) is 0 Å². The fraction of sp³-hybridized carbons (Fsp3) is 0.700. The first-order valence-electron chi connectivity index (χ1n) is 4.94. The van der Waals surface area contributed by atoms with E-state index in [9.17, 15) is 0 Å². The molecule has 13 heavy (non-hydrogen) atoms. The fourth-order valence-electron chi connectivity index (χ4n) is 1.97. The maximum absolute atomic E-state index is 9.07. The van der Waals surface area contributed by atoms with Gasteiger partial charge in [0.15, 0.2) is 0 Å². The molecule has 1 unspecified atom stereocenters. The Bertz CT molecular complexity index is 278. The largest absolute Gasteiger partial charge is 0.390 e.